The Bertz CT molecular complexity index is 465. The molecule has 1 saturated carbocycles. The highest BCUT2D eigenvalue weighted by molar-refractivity contribution is 7.10. The Balaban J connectivity index is 1.58. The van der Waals surface area contributed by atoms with Gasteiger partial charge in [-0.1, -0.05) is 6.92 Å². The van der Waals surface area contributed by atoms with Crippen LogP contribution < -0.4 is 5.32 Å². The van der Waals surface area contributed by atoms with Crippen molar-refractivity contribution in [1.29, 1.82) is 0 Å². The molecular formula is C17H26N2S. The SMILES string of the molecule is CCC1CNC(C2CC2)CN1C1CCCc2sccc21. The van der Waals surface area contributed by atoms with E-state index in [0.717, 1.165) is 18.0 Å². The van der Waals surface area contributed by atoms with Gasteiger partial charge in [0.05, 0.1) is 0 Å². The molecule has 2 aliphatic carbocycles. The summed E-state index contributed by atoms with van der Waals surface area (Å²) in [7, 11) is 0. The molecule has 0 amide bonds. The predicted octanol–water partition coefficient (Wildman–Crippen LogP) is 3.59. The van der Waals surface area contributed by atoms with E-state index in [4.69, 9.17) is 0 Å². The minimum atomic E-state index is 0.707. The summed E-state index contributed by atoms with van der Waals surface area (Å²) in [5.74, 6) is 0.973. The number of rotatable bonds is 3. The van der Waals surface area contributed by atoms with Crippen LogP contribution in [0.1, 0.15) is 55.5 Å². The summed E-state index contributed by atoms with van der Waals surface area (Å²) in [6.07, 6.45) is 8.26. The van der Waals surface area contributed by atoms with Crippen molar-refractivity contribution in [1.82, 2.24) is 10.2 Å². The number of thiophene rings is 1. The Hall–Kier alpha value is -0.380. The molecule has 3 unspecified atom stereocenters. The highest BCUT2D eigenvalue weighted by Crippen LogP contribution is 2.41. The second kappa shape index (κ2) is 5.43. The first-order valence-electron chi connectivity index (χ1n) is 8.42. The quantitative estimate of drug-likeness (QED) is 0.915. The summed E-state index contributed by atoms with van der Waals surface area (Å²) in [6.45, 7) is 4.84. The molecule has 2 nitrogen and oxygen atoms in total. The van der Waals surface area contributed by atoms with Crippen LogP contribution in [-0.4, -0.2) is 30.1 Å². The van der Waals surface area contributed by atoms with Gasteiger partial charge in [-0.15, -0.1) is 11.3 Å². The summed E-state index contributed by atoms with van der Waals surface area (Å²) >= 11 is 1.98. The molecule has 2 heterocycles. The maximum absolute atomic E-state index is 3.83. The van der Waals surface area contributed by atoms with Crippen LogP contribution in [0, 0.1) is 5.92 Å². The van der Waals surface area contributed by atoms with Crippen molar-refractivity contribution in [2.24, 2.45) is 5.92 Å². The van der Waals surface area contributed by atoms with Crippen molar-refractivity contribution in [2.75, 3.05) is 13.1 Å². The van der Waals surface area contributed by atoms with Crippen molar-refractivity contribution < 1.29 is 0 Å². The number of hydrogen-bond donors (Lipinski definition) is 1. The lowest BCUT2D eigenvalue weighted by molar-refractivity contribution is 0.0646. The molecule has 4 rings (SSSR count). The van der Waals surface area contributed by atoms with Gasteiger partial charge < -0.3 is 5.32 Å². The van der Waals surface area contributed by atoms with E-state index < -0.39 is 0 Å². The number of nitrogens with one attached hydrogen (secondary N) is 1. The average molecular weight is 290 g/mol. The lowest BCUT2D eigenvalue weighted by Gasteiger charge is -2.46. The van der Waals surface area contributed by atoms with Crippen molar-refractivity contribution in [3.63, 3.8) is 0 Å². The zero-order chi connectivity index (χ0) is 13.5. The second-order valence-electron chi connectivity index (χ2n) is 6.82. The molecule has 20 heavy (non-hydrogen) atoms. The molecule has 3 atom stereocenters. The fraction of sp³-hybridized carbons (Fsp3) is 0.765. The van der Waals surface area contributed by atoms with Gasteiger partial charge >= 0.3 is 0 Å². The summed E-state index contributed by atoms with van der Waals surface area (Å²) in [5.41, 5.74) is 1.66. The molecule has 1 aromatic rings. The van der Waals surface area contributed by atoms with Crippen LogP contribution >= 0.6 is 11.3 Å². The zero-order valence-corrected chi connectivity index (χ0v) is 13.3. The second-order valence-corrected chi connectivity index (χ2v) is 7.82. The molecule has 110 valence electrons. The predicted molar refractivity (Wildman–Crippen MR) is 85.3 cm³/mol. The van der Waals surface area contributed by atoms with Gasteiger partial charge in [0.2, 0.25) is 0 Å². The third-order valence-electron chi connectivity index (χ3n) is 5.58. The number of aryl methyl sites for hydroxylation is 1. The normalized spacial score (nSPS) is 35.0. The molecule has 1 saturated heterocycles. The van der Waals surface area contributed by atoms with E-state index in [2.05, 4.69) is 28.6 Å². The van der Waals surface area contributed by atoms with E-state index >= 15 is 0 Å². The maximum Gasteiger partial charge on any atom is 0.0363 e. The molecule has 3 heteroatoms. The Kier molecular flexibility index (Phi) is 3.61. The van der Waals surface area contributed by atoms with E-state index in [1.807, 2.05) is 11.3 Å². The van der Waals surface area contributed by atoms with E-state index in [9.17, 15) is 0 Å². The number of fused-ring (bicyclic) bond motifs is 1. The van der Waals surface area contributed by atoms with Crippen molar-refractivity contribution in [3.8, 4) is 0 Å². The van der Waals surface area contributed by atoms with Crippen LogP contribution in [0.25, 0.3) is 0 Å². The van der Waals surface area contributed by atoms with Gasteiger partial charge in [-0.25, -0.2) is 0 Å². The summed E-state index contributed by atoms with van der Waals surface area (Å²) in [4.78, 5) is 4.53. The lowest BCUT2D eigenvalue weighted by atomic mass is 9.89. The molecule has 2 fully saturated rings. The Labute approximate surface area is 126 Å². The smallest absolute Gasteiger partial charge is 0.0363 e. The first-order valence-corrected chi connectivity index (χ1v) is 9.30. The van der Waals surface area contributed by atoms with Crippen molar-refractivity contribution >= 4 is 11.3 Å². The zero-order valence-electron chi connectivity index (χ0n) is 12.5. The first-order chi connectivity index (χ1) is 9.86. The molecule has 1 aliphatic heterocycles. The lowest BCUT2D eigenvalue weighted by Crippen LogP contribution is -2.58. The summed E-state index contributed by atoms with van der Waals surface area (Å²) < 4.78 is 0. The Morgan fingerprint density at radius 3 is 3.05 bits per heavy atom. The largest absolute Gasteiger partial charge is 0.311 e. The van der Waals surface area contributed by atoms with E-state index in [1.54, 1.807) is 10.4 Å². The summed E-state index contributed by atoms with van der Waals surface area (Å²) in [5, 5.41) is 6.14. The number of nitrogens with zero attached hydrogens (tertiary/aromatic N) is 1. The Morgan fingerprint density at radius 2 is 2.25 bits per heavy atom. The van der Waals surface area contributed by atoms with Gasteiger partial charge in [0, 0.05) is 36.1 Å². The minimum absolute atomic E-state index is 0.707. The van der Waals surface area contributed by atoms with Crippen LogP contribution in [0.3, 0.4) is 0 Å². The highest BCUT2D eigenvalue weighted by atomic mass is 32.1. The van der Waals surface area contributed by atoms with Gasteiger partial charge in [-0.2, -0.15) is 0 Å². The molecule has 0 bridgehead atoms. The third kappa shape index (κ3) is 2.34. The van der Waals surface area contributed by atoms with E-state index in [0.29, 0.717) is 6.04 Å². The molecule has 1 N–H and O–H groups in total. The van der Waals surface area contributed by atoms with Gasteiger partial charge in [0.1, 0.15) is 0 Å². The van der Waals surface area contributed by atoms with Crippen LogP contribution in [0.4, 0.5) is 0 Å². The van der Waals surface area contributed by atoms with Gasteiger partial charge in [0.15, 0.2) is 0 Å². The number of hydrogen-bond acceptors (Lipinski definition) is 3. The topological polar surface area (TPSA) is 15.3 Å². The third-order valence-corrected chi connectivity index (χ3v) is 6.57. The van der Waals surface area contributed by atoms with Crippen LogP contribution in [0.2, 0.25) is 0 Å². The van der Waals surface area contributed by atoms with E-state index in [1.165, 1.54) is 51.6 Å². The fourth-order valence-electron chi connectivity index (χ4n) is 4.23. The minimum Gasteiger partial charge on any atom is -0.311 e. The van der Waals surface area contributed by atoms with Gasteiger partial charge in [-0.05, 0) is 61.5 Å². The standard InChI is InChI=1S/C17H26N2S/c1-2-13-10-18-15(12-6-7-12)11-19(13)16-4-3-5-17-14(16)8-9-20-17/h8-9,12-13,15-16,18H,2-7,10-11H2,1H3. The molecule has 0 radical (unpaired) electrons. The Morgan fingerprint density at radius 1 is 1.35 bits per heavy atom. The number of piperazine rings is 1. The van der Waals surface area contributed by atoms with Gasteiger partial charge in [0.25, 0.3) is 0 Å². The summed E-state index contributed by atoms with van der Waals surface area (Å²) in [6, 6.07) is 4.62. The molecule has 3 aliphatic rings. The van der Waals surface area contributed by atoms with Crippen LogP contribution in [0.15, 0.2) is 11.4 Å². The van der Waals surface area contributed by atoms with Crippen LogP contribution in [-0.2, 0) is 6.42 Å². The monoisotopic (exact) mass is 290 g/mol. The first kappa shape index (κ1) is 13.3. The molecule has 1 aromatic heterocycles. The van der Waals surface area contributed by atoms with Crippen molar-refractivity contribution in [3.05, 3.63) is 21.9 Å². The van der Waals surface area contributed by atoms with Crippen molar-refractivity contribution in [2.45, 2.75) is 63.6 Å². The van der Waals surface area contributed by atoms with Gasteiger partial charge in [-0.3, -0.25) is 4.90 Å². The fourth-order valence-corrected chi connectivity index (χ4v) is 5.21. The highest BCUT2D eigenvalue weighted by Gasteiger charge is 2.40. The molecule has 0 spiro atoms. The average Bonchev–Trinajstić information content (AvgIpc) is 3.23. The van der Waals surface area contributed by atoms with E-state index in [-0.39, 0.29) is 0 Å². The molecular weight excluding hydrogens is 264 g/mol. The maximum atomic E-state index is 3.83. The molecule has 0 aromatic carbocycles. The van der Waals surface area contributed by atoms with Crippen LogP contribution in [0.5, 0.6) is 0 Å².